The lowest BCUT2D eigenvalue weighted by Gasteiger charge is -2.33. The van der Waals surface area contributed by atoms with Crippen molar-refractivity contribution in [1.82, 2.24) is 15.5 Å². The third-order valence-corrected chi connectivity index (χ3v) is 4.13. The number of carboxylic acid groups (broad SMARTS) is 1. The smallest absolute Gasteiger partial charge is 0.329 e. The van der Waals surface area contributed by atoms with E-state index in [1.54, 1.807) is 13.8 Å². The minimum absolute atomic E-state index is 0.0491. The molecule has 2 amide bonds. The van der Waals surface area contributed by atoms with Crippen LogP contribution in [0, 0.1) is 0 Å². The molecule has 122 valence electrons. The molecule has 0 aromatic rings. The lowest BCUT2D eigenvalue weighted by molar-refractivity contribution is -0.144. The van der Waals surface area contributed by atoms with Crippen LogP contribution in [0.25, 0.3) is 0 Å². The Morgan fingerprint density at radius 3 is 2.52 bits per heavy atom. The Morgan fingerprint density at radius 1 is 1.33 bits per heavy atom. The molecule has 0 bridgehead atoms. The first-order valence-electron chi connectivity index (χ1n) is 7.60. The van der Waals surface area contributed by atoms with Crippen molar-refractivity contribution < 1.29 is 19.4 Å². The highest BCUT2D eigenvalue weighted by Gasteiger charge is 2.36. The number of hydrogen-bond acceptors (Lipinski definition) is 4. The van der Waals surface area contributed by atoms with E-state index >= 15 is 0 Å². The third-order valence-electron chi connectivity index (χ3n) is 4.13. The van der Waals surface area contributed by atoms with E-state index in [0.717, 1.165) is 19.6 Å². The zero-order chi connectivity index (χ0) is 15.9. The van der Waals surface area contributed by atoms with Crippen molar-refractivity contribution in [3.8, 4) is 0 Å². The lowest BCUT2D eigenvalue weighted by Crippen LogP contribution is -2.57. The van der Waals surface area contributed by atoms with Crippen LogP contribution in [0.15, 0.2) is 0 Å². The second-order valence-corrected chi connectivity index (χ2v) is 5.32. The quantitative estimate of drug-likeness (QED) is 0.642. The first kappa shape index (κ1) is 17.7. The predicted molar refractivity (Wildman–Crippen MR) is 79.3 cm³/mol. The molecule has 0 aromatic heterocycles. The molecule has 0 saturated carbocycles. The van der Waals surface area contributed by atoms with Gasteiger partial charge in [-0.05, 0) is 19.4 Å². The van der Waals surface area contributed by atoms with Gasteiger partial charge in [-0.3, -0.25) is 4.90 Å². The number of likely N-dealkylation sites (N-methyl/N-ethyl adjacent to an activating group) is 1. The molecular weight excluding hydrogens is 274 g/mol. The van der Waals surface area contributed by atoms with Crippen LogP contribution in [0.5, 0.6) is 0 Å². The van der Waals surface area contributed by atoms with Crippen LogP contribution in [0.1, 0.15) is 33.6 Å². The first-order chi connectivity index (χ1) is 9.97. The molecular formula is C14H27N3O4. The van der Waals surface area contributed by atoms with Gasteiger partial charge in [-0.25, -0.2) is 9.59 Å². The predicted octanol–water partition coefficient (Wildman–Crippen LogP) is 0.650. The average Bonchev–Trinajstić information content (AvgIpc) is 2.50. The van der Waals surface area contributed by atoms with Gasteiger partial charge < -0.3 is 20.5 Å². The van der Waals surface area contributed by atoms with Crippen molar-refractivity contribution in [3.05, 3.63) is 0 Å². The van der Waals surface area contributed by atoms with Gasteiger partial charge in [-0.1, -0.05) is 20.8 Å². The highest BCUT2D eigenvalue weighted by atomic mass is 16.5. The maximum absolute atomic E-state index is 11.9. The van der Waals surface area contributed by atoms with Gasteiger partial charge in [-0.15, -0.1) is 0 Å². The monoisotopic (exact) mass is 301 g/mol. The molecule has 0 spiro atoms. The third kappa shape index (κ3) is 4.86. The molecule has 7 nitrogen and oxygen atoms in total. The zero-order valence-corrected chi connectivity index (χ0v) is 13.1. The Kier molecular flexibility index (Phi) is 6.91. The molecule has 1 aliphatic rings. The molecule has 1 rings (SSSR count). The molecule has 1 heterocycles. The van der Waals surface area contributed by atoms with Crippen molar-refractivity contribution >= 4 is 12.0 Å². The standard InChI is InChI=1S/C14H27N3O4/c1-4-14(5-2,12(18)19)16-13(20)15-9-11-10-17(6-3)7-8-21-11/h11H,4-10H2,1-3H3,(H,18,19)(H2,15,16,20). The van der Waals surface area contributed by atoms with E-state index in [4.69, 9.17) is 4.74 Å². The van der Waals surface area contributed by atoms with Crippen LogP contribution in [-0.4, -0.2) is 66.4 Å². The fourth-order valence-corrected chi connectivity index (χ4v) is 2.44. The summed E-state index contributed by atoms with van der Waals surface area (Å²) in [6, 6.07) is -0.460. The summed E-state index contributed by atoms with van der Waals surface area (Å²) in [6.45, 7) is 9.28. The summed E-state index contributed by atoms with van der Waals surface area (Å²) in [6.07, 6.45) is 0.637. The maximum Gasteiger partial charge on any atom is 0.329 e. The van der Waals surface area contributed by atoms with Gasteiger partial charge in [-0.2, -0.15) is 0 Å². The molecule has 1 atom stereocenters. The average molecular weight is 301 g/mol. The van der Waals surface area contributed by atoms with Crippen molar-refractivity contribution in [3.63, 3.8) is 0 Å². The molecule has 1 unspecified atom stereocenters. The molecule has 3 N–H and O–H groups in total. The Hall–Kier alpha value is -1.34. The molecule has 21 heavy (non-hydrogen) atoms. The number of rotatable bonds is 7. The summed E-state index contributed by atoms with van der Waals surface area (Å²) in [7, 11) is 0. The largest absolute Gasteiger partial charge is 0.480 e. The number of morpholine rings is 1. The van der Waals surface area contributed by atoms with Crippen LogP contribution in [0.4, 0.5) is 4.79 Å². The number of nitrogens with zero attached hydrogens (tertiary/aromatic N) is 1. The highest BCUT2D eigenvalue weighted by molar-refractivity contribution is 5.86. The van der Waals surface area contributed by atoms with E-state index in [2.05, 4.69) is 22.5 Å². The number of hydrogen-bond donors (Lipinski definition) is 3. The van der Waals surface area contributed by atoms with E-state index in [0.29, 0.717) is 26.0 Å². The van der Waals surface area contributed by atoms with Gasteiger partial charge in [0.1, 0.15) is 5.54 Å². The van der Waals surface area contributed by atoms with Gasteiger partial charge >= 0.3 is 12.0 Å². The Labute approximate surface area is 126 Å². The molecule has 1 fully saturated rings. The maximum atomic E-state index is 11.9. The molecule has 1 saturated heterocycles. The summed E-state index contributed by atoms with van der Waals surface area (Å²) >= 11 is 0. The molecule has 0 aliphatic carbocycles. The fraction of sp³-hybridized carbons (Fsp3) is 0.857. The number of nitrogens with one attached hydrogen (secondary N) is 2. The van der Waals surface area contributed by atoms with Gasteiger partial charge in [0.15, 0.2) is 0 Å². The van der Waals surface area contributed by atoms with Gasteiger partial charge in [0, 0.05) is 19.6 Å². The van der Waals surface area contributed by atoms with Crippen molar-refractivity contribution in [2.45, 2.75) is 45.3 Å². The Balaban J connectivity index is 2.44. The lowest BCUT2D eigenvalue weighted by atomic mass is 9.93. The number of urea groups is 1. The molecule has 0 aromatic carbocycles. The number of aliphatic carboxylic acids is 1. The van der Waals surface area contributed by atoms with E-state index in [-0.39, 0.29) is 6.10 Å². The van der Waals surface area contributed by atoms with Crippen LogP contribution >= 0.6 is 0 Å². The van der Waals surface area contributed by atoms with Crippen molar-refractivity contribution in [2.24, 2.45) is 0 Å². The number of carbonyl (C=O) groups excluding carboxylic acids is 1. The Morgan fingerprint density at radius 2 is 2.00 bits per heavy atom. The van der Waals surface area contributed by atoms with Crippen LogP contribution < -0.4 is 10.6 Å². The van der Waals surface area contributed by atoms with Crippen LogP contribution in [-0.2, 0) is 9.53 Å². The SMILES string of the molecule is CCN1CCOC(CNC(=O)NC(CC)(CC)C(=O)O)C1. The number of carbonyl (C=O) groups is 2. The van der Waals surface area contributed by atoms with Crippen LogP contribution in [0.3, 0.4) is 0 Å². The molecule has 7 heteroatoms. The van der Waals surface area contributed by atoms with Gasteiger partial charge in [0.25, 0.3) is 0 Å². The second-order valence-electron chi connectivity index (χ2n) is 5.32. The topological polar surface area (TPSA) is 90.9 Å². The zero-order valence-electron chi connectivity index (χ0n) is 13.1. The second kappa shape index (κ2) is 8.19. The van der Waals surface area contributed by atoms with E-state index in [1.807, 2.05) is 0 Å². The minimum atomic E-state index is -1.20. The van der Waals surface area contributed by atoms with E-state index in [1.165, 1.54) is 0 Å². The van der Waals surface area contributed by atoms with Gasteiger partial charge in [0.05, 0.1) is 12.7 Å². The summed E-state index contributed by atoms with van der Waals surface area (Å²) < 4.78 is 5.59. The van der Waals surface area contributed by atoms with Crippen molar-refractivity contribution in [1.29, 1.82) is 0 Å². The van der Waals surface area contributed by atoms with Crippen LogP contribution in [0.2, 0.25) is 0 Å². The van der Waals surface area contributed by atoms with E-state index < -0.39 is 17.5 Å². The van der Waals surface area contributed by atoms with E-state index in [9.17, 15) is 14.7 Å². The first-order valence-corrected chi connectivity index (χ1v) is 7.60. The summed E-state index contributed by atoms with van der Waals surface area (Å²) in [5, 5.41) is 14.6. The number of carboxylic acids is 1. The number of ether oxygens (including phenoxy) is 1. The summed E-state index contributed by atoms with van der Waals surface area (Å²) in [4.78, 5) is 25.5. The summed E-state index contributed by atoms with van der Waals surface area (Å²) in [5.74, 6) is -1.01. The minimum Gasteiger partial charge on any atom is -0.480 e. The fourth-order valence-electron chi connectivity index (χ4n) is 2.44. The van der Waals surface area contributed by atoms with Gasteiger partial charge in [0.2, 0.25) is 0 Å². The Bertz CT molecular complexity index is 358. The summed E-state index contributed by atoms with van der Waals surface area (Å²) in [5.41, 5.74) is -1.20. The van der Waals surface area contributed by atoms with Crippen molar-refractivity contribution in [2.75, 3.05) is 32.8 Å². The molecule has 1 aliphatic heterocycles. The normalized spacial score (nSPS) is 20.0. The number of amides is 2. The highest BCUT2D eigenvalue weighted by Crippen LogP contribution is 2.15. The molecule has 0 radical (unpaired) electrons.